The maximum Gasteiger partial charge on any atom is 0.401 e. The van der Waals surface area contributed by atoms with Crippen LogP contribution in [-0.2, 0) is 0 Å². The number of halogens is 4. The van der Waals surface area contributed by atoms with Crippen molar-refractivity contribution < 1.29 is 13.2 Å². The largest absolute Gasteiger partial charge is 0.401 e. The van der Waals surface area contributed by atoms with E-state index in [1.807, 2.05) is 0 Å². The lowest BCUT2D eigenvalue weighted by molar-refractivity contribution is -0.143. The van der Waals surface area contributed by atoms with Gasteiger partial charge in [-0.05, 0) is 38.6 Å². The van der Waals surface area contributed by atoms with E-state index in [9.17, 15) is 13.2 Å². The molecule has 3 aliphatic rings. The molecule has 0 amide bonds. The molecule has 4 nitrogen and oxygen atoms in total. The number of rotatable bonds is 4. The van der Waals surface area contributed by atoms with Gasteiger partial charge in [0, 0.05) is 43.2 Å². The van der Waals surface area contributed by atoms with Crippen LogP contribution in [0.4, 0.5) is 13.2 Å². The lowest BCUT2D eigenvalue weighted by Gasteiger charge is -2.45. The minimum Gasteiger partial charge on any atom is -0.357 e. The lowest BCUT2D eigenvalue weighted by atomic mass is 9.87. The van der Waals surface area contributed by atoms with E-state index < -0.39 is 12.7 Å². The van der Waals surface area contributed by atoms with Crippen LogP contribution in [0.15, 0.2) is 4.99 Å². The summed E-state index contributed by atoms with van der Waals surface area (Å²) >= 11 is 2.14. The highest BCUT2D eigenvalue weighted by atomic mass is 127. The number of nitrogens with one attached hydrogen (secondary N) is 1. The average molecular weight is 534 g/mol. The SMILES string of the molecule is CCNC(=NCC1CCN(CC(F)(F)F)C1)N1CCSC2(CCCCC2)C1.I. The Morgan fingerprint density at radius 1 is 1.21 bits per heavy atom. The van der Waals surface area contributed by atoms with Crippen molar-refractivity contribution in [2.75, 3.05) is 51.6 Å². The second-order valence-electron chi connectivity index (χ2n) is 8.21. The number of guanidine groups is 1. The number of hydrogen-bond donors (Lipinski definition) is 1. The summed E-state index contributed by atoms with van der Waals surface area (Å²) in [4.78, 5) is 8.75. The standard InChI is InChI=1S/C19H33F3N4S.HI/c1-2-23-17(24-12-16-6-9-25(13-16)15-19(20,21)22)26-10-11-27-18(14-26)7-4-3-5-8-18;/h16H,2-15H2,1H3,(H,23,24);1H. The molecule has 2 saturated heterocycles. The van der Waals surface area contributed by atoms with Gasteiger partial charge in [-0.1, -0.05) is 19.3 Å². The number of thioether (sulfide) groups is 1. The molecule has 0 bridgehead atoms. The van der Waals surface area contributed by atoms with Crippen molar-refractivity contribution in [1.82, 2.24) is 15.1 Å². The highest BCUT2D eigenvalue weighted by Gasteiger charge is 2.38. The van der Waals surface area contributed by atoms with Crippen molar-refractivity contribution >= 4 is 41.7 Å². The molecule has 28 heavy (non-hydrogen) atoms. The molecular formula is C19H34F3IN4S. The zero-order valence-corrected chi connectivity index (χ0v) is 19.9. The Balaban J connectivity index is 0.00000280. The van der Waals surface area contributed by atoms with Gasteiger partial charge in [0.25, 0.3) is 0 Å². The van der Waals surface area contributed by atoms with Gasteiger partial charge in [0.1, 0.15) is 0 Å². The van der Waals surface area contributed by atoms with E-state index in [4.69, 9.17) is 4.99 Å². The minimum atomic E-state index is -4.10. The lowest BCUT2D eigenvalue weighted by Crippen LogP contribution is -2.53. The first-order valence-corrected chi connectivity index (χ1v) is 11.3. The topological polar surface area (TPSA) is 30.9 Å². The number of likely N-dealkylation sites (tertiary alicyclic amines) is 1. The quantitative estimate of drug-likeness (QED) is 0.333. The van der Waals surface area contributed by atoms with Gasteiger partial charge in [0.05, 0.1) is 6.54 Å². The summed E-state index contributed by atoms with van der Waals surface area (Å²) in [5, 5.41) is 3.42. The van der Waals surface area contributed by atoms with Gasteiger partial charge in [0.2, 0.25) is 0 Å². The fourth-order valence-corrected chi connectivity index (χ4v) is 6.19. The predicted octanol–water partition coefficient (Wildman–Crippen LogP) is 4.21. The Labute approximate surface area is 188 Å². The first-order chi connectivity index (χ1) is 12.9. The van der Waals surface area contributed by atoms with Crippen LogP contribution in [0.5, 0.6) is 0 Å². The Morgan fingerprint density at radius 3 is 2.64 bits per heavy atom. The molecule has 0 aromatic carbocycles. The molecule has 3 fully saturated rings. The van der Waals surface area contributed by atoms with Gasteiger partial charge in [-0.15, -0.1) is 24.0 Å². The summed E-state index contributed by atoms with van der Waals surface area (Å²) in [6, 6.07) is 0. The second kappa shape index (κ2) is 10.9. The molecule has 1 spiro atoms. The van der Waals surface area contributed by atoms with Gasteiger partial charge >= 0.3 is 6.18 Å². The van der Waals surface area contributed by atoms with Gasteiger partial charge in [-0.2, -0.15) is 24.9 Å². The van der Waals surface area contributed by atoms with Crippen molar-refractivity contribution in [2.24, 2.45) is 10.9 Å². The van der Waals surface area contributed by atoms with Crippen LogP contribution < -0.4 is 5.32 Å². The molecule has 2 heterocycles. The predicted molar refractivity (Wildman–Crippen MR) is 122 cm³/mol. The first kappa shape index (κ1) is 24.4. The molecule has 164 valence electrons. The maximum atomic E-state index is 12.6. The molecule has 1 unspecified atom stereocenters. The normalized spacial score (nSPS) is 26.4. The number of aliphatic imine (C=N–C) groups is 1. The molecule has 9 heteroatoms. The number of alkyl halides is 3. The van der Waals surface area contributed by atoms with E-state index in [0.717, 1.165) is 37.8 Å². The van der Waals surface area contributed by atoms with E-state index in [1.54, 1.807) is 0 Å². The zero-order valence-electron chi connectivity index (χ0n) is 16.8. The minimum absolute atomic E-state index is 0. The van der Waals surface area contributed by atoms with Crippen molar-refractivity contribution in [3.63, 3.8) is 0 Å². The molecule has 0 aromatic rings. The monoisotopic (exact) mass is 534 g/mol. The number of nitrogens with zero attached hydrogens (tertiary/aromatic N) is 3. The van der Waals surface area contributed by atoms with Crippen LogP contribution in [0, 0.1) is 5.92 Å². The van der Waals surface area contributed by atoms with Crippen molar-refractivity contribution in [1.29, 1.82) is 0 Å². The molecular weight excluding hydrogens is 500 g/mol. The second-order valence-corrected chi connectivity index (χ2v) is 9.78. The summed E-state index contributed by atoms with van der Waals surface area (Å²) < 4.78 is 38.1. The fourth-order valence-electron chi connectivity index (χ4n) is 4.62. The van der Waals surface area contributed by atoms with Gasteiger partial charge in [-0.25, -0.2) is 0 Å². The molecule has 0 aromatic heterocycles. The molecule has 0 radical (unpaired) electrons. The smallest absolute Gasteiger partial charge is 0.357 e. The van der Waals surface area contributed by atoms with E-state index in [-0.39, 0.29) is 29.9 Å². The fraction of sp³-hybridized carbons (Fsp3) is 0.947. The molecule has 2 aliphatic heterocycles. The summed E-state index contributed by atoms with van der Waals surface area (Å²) in [5.41, 5.74) is 0. The Bertz CT molecular complexity index is 506. The zero-order chi connectivity index (χ0) is 19.3. The summed E-state index contributed by atoms with van der Waals surface area (Å²) in [7, 11) is 0. The Morgan fingerprint density at radius 2 is 1.96 bits per heavy atom. The van der Waals surface area contributed by atoms with Crippen molar-refractivity contribution in [3.05, 3.63) is 0 Å². The van der Waals surface area contributed by atoms with E-state index >= 15 is 0 Å². The van der Waals surface area contributed by atoms with Crippen molar-refractivity contribution in [3.8, 4) is 0 Å². The van der Waals surface area contributed by atoms with Gasteiger partial charge < -0.3 is 10.2 Å². The van der Waals surface area contributed by atoms with Crippen LogP contribution in [0.25, 0.3) is 0 Å². The Hall–Kier alpha value is 0.1000. The third kappa shape index (κ3) is 7.11. The summed E-state index contributed by atoms with van der Waals surface area (Å²) in [6.07, 6.45) is 3.29. The molecule has 1 atom stereocenters. The van der Waals surface area contributed by atoms with Crippen LogP contribution in [0.2, 0.25) is 0 Å². The van der Waals surface area contributed by atoms with Crippen molar-refractivity contribution in [2.45, 2.75) is 56.4 Å². The van der Waals surface area contributed by atoms with Crippen LogP contribution in [0.3, 0.4) is 0 Å². The third-order valence-electron chi connectivity index (χ3n) is 5.92. The third-order valence-corrected chi connectivity index (χ3v) is 7.46. The van der Waals surface area contributed by atoms with Gasteiger partial charge in [0.15, 0.2) is 5.96 Å². The van der Waals surface area contributed by atoms with Crippen LogP contribution >= 0.6 is 35.7 Å². The van der Waals surface area contributed by atoms with Crippen LogP contribution in [0.1, 0.15) is 45.4 Å². The molecule has 3 rings (SSSR count). The molecule has 1 aliphatic carbocycles. The van der Waals surface area contributed by atoms with E-state index in [2.05, 4.69) is 28.9 Å². The highest BCUT2D eigenvalue weighted by Crippen LogP contribution is 2.42. The summed E-state index contributed by atoms with van der Waals surface area (Å²) in [6.45, 7) is 5.80. The van der Waals surface area contributed by atoms with Crippen LogP contribution in [-0.4, -0.2) is 78.2 Å². The highest BCUT2D eigenvalue weighted by molar-refractivity contribution is 14.0. The Kier molecular flexibility index (Phi) is 9.51. The molecule has 1 saturated carbocycles. The maximum absolute atomic E-state index is 12.6. The van der Waals surface area contributed by atoms with Gasteiger partial charge in [-0.3, -0.25) is 9.89 Å². The number of hydrogen-bond acceptors (Lipinski definition) is 3. The van der Waals surface area contributed by atoms with E-state index in [1.165, 1.54) is 37.0 Å². The summed E-state index contributed by atoms with van der Waals surface area (Å²) in [5.74, 6) is 2.31. The molecule has 1 N–H and O–H groups in total. The average Bonchev–Trinajstić information content (AvgIpc) is 3.04. The first-order valence-electron chi connectivity index (χ1n) is 10.4. The van der Waals surface area contributed by atoms with E-state index in [0.29, 0.717) is 24.4 Å².